The fourth-order valence-corrected chi connectivity index (χ4v) is 9.68. The largest absolute Gasteiger partial charge is 0.514 e. The Morgan fingerprint density at radius 2 is 1.91 bits per heavy atom. The van der Waals surface area contributed by atoms with Gasteiger partial charge in [0, 0.05) is 47.2 Å². The molecule has 1 aliphatic heterocycles. The number of benzene rings is 1. The first kappa shape index (κ1) is 34.1. The molecule has 0 spiro atoms. The minimum atomic E-state index is -5.60. The first-order chi connectivity index (χ1) is 21.2. The Kier molecular flexibility index (Phi) is 10.2. The van der Waals surface area contributed by atoms with Gasteiger partial charge in [0.1, 0.15) is 11.9 Å². The fraction of sp³-hybridized carbons (Fsp3) is 0.750. The normalized spacial score (nSPS) is 31.7. The van der Waals surface area contributed by atoms with Crippen molar-refractivity contribution >= 4 is 22.7 Å². The Bertz CT molecular complexity index is 1290. The molecule has 2 saturated carbocycles. The lowest BCUT2D eigenvalue weighted by Gasteiger charge is -2.52. The van der Waals surface area contributed by atoms with E-state index in [-0.39, 0.29) is 40.8 Å². The predicted octanol–water partition coefficient (Wildman–Crippen LogP) is 7.33. The topological polar surface area (TPSA) is 88.4 Å². The van der Waals surface area contributed by atoms with Gasteiger partial charge in [-0.3, -0.25) is 4.21 Å². The Labute approximate surface area is 263 Å². The van der Waals surface area contributed by atoms with E-state index in [0.717, 1.165) is 49.9 Å². The maximum atomic E-state index is 13.3. The third-order valence-electron chi connectivity index (χ3n) is 10.8. The highest BCUT2D eigenvalue weighted by Crippen LogP contribution is 2.62. The molecule has 5 rings (SSSR count). The van der Waals surface area contributed by atoms with E-state index in [0.29, 0.717) is 37.5 Å². The maximum absolute atomic E-state index is 13.3. The molecule has 2 unspecified atom stereocenters. The van der Waals surface area contributed by atoms with Crippen LogP contribution in [0.1, 0.15) is 81.8 Å². The first-order valence-electron chi connectivity index (χ1n) is 15.9. The van der Waals surface area contributed by atoms with Crippen molar-refractivity contribution in [3.63, 3.8) is 0 Å². The number of likely N-dealkylation sites (tertiary alicyclic amines) is 1. The summed E-state index contributed by atoms with van der Waals surface area (Å²) in [7, 11) is 0.465. The zero-order valence-electron chi connectivity index (χ0n) is 25.8. The summed E-state index contributed by atoms with van der Waals surface area (Å²) in [6, 6.07) is 5.76. The quantitative estimate of drug-likeness (QED) is 0.0929. The average Bonchev–Trinajstić information content (AvgIpc) is 3.53. The molecule has 1 heterocycles. The molecule has 1 N–H and O–H groups in total. The number of alkyl halides is 5. The summed E-state index contributed by atoms with van der Waals surface area (Å²) < 4.78 is 87.6. The van der Waals surface area contributed by atoms with Crippen LogP contribution in [0.2, 0.25) is 0 Å². The van der Waals surface area contributed by atoms with Crippen LogP contribution in [-0.2, 0) is 22.0 Å². The fourth-order valence-electron chi connectivity index (χ4n) is 8.52. The van der Waals surface area contributed by atoms with E-state index in [9.17, 15) is 36.2 Å². The van der Waals surface area contributed by atoms with Crippen LogP contribution in [0.5, 0.6) is 5.75 Å². The van der Waals surface area contributed by atoms with Gasteiger partial charge < -0.3 is 19.6 Å². The number of carbonyl (C=O) groups excluding carboxylic acids is 1. The molecule has 45 heavy (non-hydrogen) atoms. The molecule has 1 aromatic rings. The minimum Gasteiger partial charge on any atom is -0.429 e. The molecule has 1 aromatic carbocycles. The van der Waals surface area contributed by atoms with E-state index in [2.05, 4.69) is 17.0 Å². The third-order valence-corrected chi connectivity index (χ3v) is 12.3. The summed E-state index contributed by atoms with van der Waals surface area (Å²) in [5.41, 5.74) is 2.93. The van der Waals surface area contributed by atoms with Gasteiger partial charge in [-0.25, -0.2) is 4.79 Å². The van der Waals surface area contributed by atoms with Gasteiger partial charge in [-0.05, 0) is 112 Å². The standard InChI is InChI=1S/C32H43F5N2O5S/c1-30-13-10-25-24-7-6-22(43-29(40)44-23-11-14-39(2)19-23)18-21(24)17-20(28(25)26(30)8-9-27(30)38-41)5-3-15-45(42)16-4-12-31(33,34)32(35,36)37/h6-7,18,20,23,25-26,28,41H,3-5,8-17,19H2,1-2H3/b38-27-/t20-,23?,25-,26+,28-,30+,45?/m1/s1. The number of rotatable bonds is 10. The number of ether oxygens (including phenoxy) is 2. The van der Waals surface area contributed by atoms with Crippen LogP contribution < -0.4 is 4.74 Å². The molecular weight excluding hydrogens is 619 g/mol. The third kappa shape index (κ3) is 7.34. The van der Waals surface area contributed by atoms with Crippen molar-refractivity contribution in [2.75, 3.05) is 31.6 Å². The summed E-state index contributed by atoms with van der Waals surface area (Å²) in [6.45, 7) is 3.70. The highest BCUT2D eigenvalue weighted by atomic mass is 32.2. The van der Waals surface area contributed by atoms with E-state index < -0.39 is 41.9 Å². The number of fused-ring (bicyclic) bond motifs is 5. The summed E-state index contributed by atoms with van der Waals surface area (Å²) in [6.07, 6.45) is -2.21. The van der Waals surface area contributed by atoms with E-state index in [1.54, 1.807) is 0 Å². The van der Waals surface area contributed by atoms with E-state index in [4.69, 9.17) is 9.47 Å². The van der Waals surface area contributed by atoms with Gasteiger partial charge in [-0.1, -0.05) is 18.1 Å². The van der Waals surface area contributed by atoms with Crippen molar-refractivity contribution < 1.29 is 45.6 Å². The molecule has 0 bridgehead atoms. The molecule has 3 aliphatic carbocycles. The van der Waals surface area contributed by atoms with Crippen molar-refractivity contribution in [2.45, 2.75) is 95.3 Å². The number of nitrogens with zero attached hydrogens (tertiary/aromatic N) is 2. The maximum Gasteiger partial charge on any atom is 0.514 e. The molecule has 7 atom stereocenters. The van der Waals surface area contributed by atoms with Crippen LogP contribution in [0, 0.1) is 23.2 Å². The Morgan fingerprint density at radius 1 is 1.16 bits per heavy atom. The monoisotopic (exact) mass is 662 g/mol. The van der Waals surface area contributed by atoms with Gasteiger partial charge >= 0.3 is 18.3 Å². The second-order valence-corrected chi connectivity index (χ2v) is 15.3. The Hall–Kier alpha value is -2.28. The molecule has 0 amide bonds. The van der Waals surface area contributed by atoms with Gasteiger partial charge in [-0.2, -0.15) is 22.0 Å². The van der Waals surface area contributed by atoms with Gasteiger partial charge in [-0.15, -0.1) is 0 Å². The molecule has 0 radical (unpaired) electrons. The minimum absolute atomic E-state index is 0.188. The highest BCUT2D eigenvalue weighted by Gasteiger charge is 2.57. The highest BCUT2D eigenvalue weighted by molar-refractivity contribution is 7.84. The summed E-state index contributed by atoms with van der Waals surface area (Å²) in [5, 5.41) is 13.4. The van der Waals surface area contributed by atoms with E-state index >= 15 is 0 Å². The van der Waals surface area contributed by atoms with Crippen LogP contribution in [0.4, 0.5) is 26.7 Å². The van der Waals surface area contributed by atoms with Crippen molar-refractivity contribution in [2.24, 2.45) is 28.3 Å². The number of likely N-dealkylation sites (N-methyl/N-ethyl adjacent to an activating group) is 1. The number of hydrogen-bond acceptors (Lipinski definition) is 7. The van der Waals surface area contributed by atoms with Crippen LogP contribution >= 0.6 is 0 Å². The SMILES string of the molecule is CN1CCC(OC(=O)Oc2ccc3c(c2)C[C@@H](CCCS(=O)CCCC(F)(F)C(F)(F)F)[C@@H]2[C@@H]3CC[C@]3(C)/C(=N\O)CC[C@@H]23)C1. The number of halogens is 5. The molecule has 4 aliphatic rings. The summed E-state index contributed by atoms with van der Waals surface area (Å²) in [4.78, 5) is 14.6. The molecule has 3 fully saturated rings. The van der Waals surface area contributed by atoms with Gasteiger partial charge in [0.25, 0.3) is 0 Å². The van der Waals surface area contributed by atoms with Crippen molar-refractivity contribution in [1.29, 1.82) is 0 Å². The smallest absolute Gasteiger partial charge is 0.429 e. The average molecular weight is 663 g/mol. The molecule has 0 aromatic heterocycles. The number of carbonyl (C=O) groups is 1. The van der Waals surface area contributed by atoms with Crippen LogP contribution in [0.3, 0.4) is 0 Å². The lowest BCUT2D eigenvalue weighted by atomic mass is 9.52. The Morgan fingerprint density at radius 3 is 2.60 bits per heavy atom. The molecule has 13 heteroatoms. The molecular formula is C32H43F5N2O5S. The summed E-state index contributed by atoms with van der Waals surface area (Å²) >= 11 is 0. The van der Waals surface area contributed by atoms with Gasteiger partial charge in [0.15, 0.2) is 0 Å². The van der Waals surface area contributed by atoms with Crippen molar-refractivity contribution in [3.8, 4) is 5.75 Å². The van der Waals surface area contributed by atoms with Gasteiger partial charge in [0.2, 0.25) is 0 Å². The zero-order valence-corrected chi connectivity index (χ0v) is 26.6. The lowest BCUT2D eigenvalue weighted by molar-refractivity contribution is -0.284. The molecule has 252 valence electrons. The van der Waals surface area contributed by atoms with E-state index in [1.807, 2.05) is 25.2 Å². The van der Waals surface area contributed by atoms with Crippen LogP contribution in [0.15, 0.2) is 23.4 Å². The number of oxime groups is 1. The number of hydrogen-bond donors (Lipinski definition) is 1. The lowest BCUT2D eigenvalue weighted by Crippen LogP contribution is -2.46. The summed E-state index contributed by atoms with van der Waals surface area (Å²) in [5.74, 6) is -3.31. The van der Waals surface area contributed by atoms with Crippen molar-refractivity contribution in [3.05, 3.63) is 29.3 Å². The zero-order chi connectivity index (χ0) is 32.6. The second-order valence-electron chi connectivity index (χ2n) is 13.6. The van der Waals surface area contributed by atoms with Crippen LogP contribution in [-0.4, -0.2) is 76.0 Å². The molecule has 7 nitrogen and oxygen atoms in total. The van der Waals surface area contributed by atoms with E-state index in [1.165, 1.54) is 5.56 Å². The van der Waals surface area contributed by atoms with Gasteiger partial charge in [0.05, 0.1) is 5.71 Å². The Balaban J connectivity index is 1.26. The van der Waals surface area contributed by atoms with Crippen LogP contribution in [0.25, 0.3) is 0 Å². The second kappa shape index (κ2) is 13.4. The predicted molar refractivity (Wildman–Crippen MR) is 160 cm³/mol. The molecule has 1 saturated heterocycles. The first-order valence-corrected chi connectivity index (χ1v) is 17.4. The van der Waals surface area contributed by atoms with Crippen molar-refractivity contribution in [1.82, 2.24) is 4.90 Å².